The molecule has 0 bridgehead atoms. The molecule has 2 atom stereocenters. The molecule has 0 aliphatic carbocycles. The first kappa shape index (κ1) is 19.3. The minimum absolute atomic E-state index is 0.163. The van der Waals surface area contributed by atoms with E-state index in [1.54, 1.807) is 30.3 Å². The average Bonchev–Trinajstić information content (AvgIpc) is 2.71. The van der Waals surface area contributed by atoms with Gasteiger partial charge in [0.05, 0.1) is 0 Å². The van der Waals surface area contributed by atoms with Gasteiger partial charge in [0, 0.05) is 18.4 Å². The Labute approximate surface area is 162 Å². The molecule has 0 radical (unpaired) electrons. The molecule has 144 valence electrons. The van der Waals surface area contributed by atoms with Gasteiger partial charge in [-0.15, -0.1) is 0 Å². The third kappa shape index (κ3) is 5.03. The Morgan fingerprint density at radius 3 is 2.29 bits per heavy atom. The summed E-state index contributed by atoms with van der Waals surface area (Å²) in [7, 11) is 0. The summed E-state index contributed by atoms with van der Waals surface area (Å²) >= 11 is 0. The maximum atomic E-state index is 12.8. The summed E-state index contributed by atoms with van der Waals surface area (Å²) in [5, 5.41) is 7.60. The van der Waals surface area contributed by atoms with Crippen LogP contribution in [0, 0.1) is 0 Å². The van der Waals surface area contributed by atoms with E-state index in [1.165, 1.54) is 0 Å². The van der Waals surface area contributed by atoms with Gasteiger partial charge in [-0.05, 0) is 24.1 Å². The predicted octanol–water partition coefficient (Wildman–Crippen LogP) is 0.949. The molecule has 2 aromatic carbocycles. The number of hydrogen-bond donors (Lipinski definition) is 3. The molecule has 1 fully saturated rings. The monoisotopic (exact) mass is 379 g/mol. The Balaban J connectivity index is 1.73. The van der Waals surface area contributed by atoms with E-state index in [4.69, 9.17) is 0 Å². The zero-order valence-corrected chi connectivity index (χ0v) is 15.2. The molecule has 1 saturated heterocycles. The first-order chi connectivity index (χ1) is 13.5. The predicted molar refractivity (Wildman–Crippen MR) is 102 cm³/mol. The number of piperidine rings is 1. The minimum Gasteiger partial charge on any atom is -0.342 e. The van der Waals surface area contributed by atoms with Gasteiger partial charge in [-0.1, -0.05) is 48.5 Å². The van der Waals surface area contributed by atoms with Crippen LogP contribution in [0.2, 0.25) is 0 Å². The standard InChI is InChI=1S/C21H21N3O4/c25-18-12-11-16(20(27)24-18)22-21(28)17(13-14-7-3-1-4-8-14)23-19(26)15-9-5-2-6-10-15/h1-10,16-17H,11-13H2,(H,22,28)(H,23,26)(H,24,25,27). The first-order valence-electron chi connectivity index (χ1n) is 9.07. The molecule has 1 aliphatic heterocycles. The number of nitrogens with one attached hydrogen (secondary N) is 3. The van der Waals surface area contributed by atoms with E-state index in [1.807, 2.05) is 30.3 Å². The normalized spacial score (nSPS) is 17.4. The Kier molecular flexibility index (Phi) is 6.16. The number of benzene rings is 2. The molecule has 0 saturated carbocycles. The van der Waals surface area contributed by atoms with Crippen LogP contribution in [0.1, 0.15) is 28.8 Å². The Bertz CT molecular complexity index is 868. The molecule has 28 heavy (non-hydrogen) atoms. The lowest BCUT2D eigenvalue weighted by molar-refractivity contribution is -0.137. The quantitative estimate of drug-likeness (QED) is 0.650. The highest BCUT2D eigenvalue weighted by molar-refractivity contribution is 6.03. The topological polar surface area (TPSA) is 104 Å². The van der Waals surface area contributed by atoms with Crippen molar-refractivity contribution in [2.75, 3.05) is 0 Å². The van der Waals surface area contributed by atoms with Crippen LogP contribution in [0.15, 0.2) is 60.7 Å². The van der Waals surface area contributed by atoms with Gasteiger partial charge in [0.2, 0.25) is 17.7 Å². The van der Waals surface area contributed by atoms with Gasteiger partial charge in [-0.2, -0.15) is 0 Å². The number of amides is 4. The smallest absolute Gasteiger partial charge is 0.251 e. The fourth-order valence-corrected chi connectivity index (χ4v) is 2.99. The summed E-state index contributed by atoms with van der Waals surface area (Å²) in [6, 6.07) is 16.2. The van der Waals surface area contributed by atoms with Crippen LogP contribution in [-0.4, -0.2) is 35.7 Å². The number of carbonyl (C=O) groups is 4. The molecule has 3 N–H and O–H groups in total. The van der Waals surface area contributed by atoms with Gasteiger partial charge in [0.15, 0.2) is 0 Å². The SMILES string of the molecule is O=C1CCC(NC(=O)C(Cc2ccccc2)NC(=O)c2ccccc2)C(=O)N1. The largest absolute Gasteiger partial charge is 0.342 e. The summed E-state index contributed by atoms with van der Waals surface area (Å²) in [6.07, 6.45) is 0.677. The van der Waals surface area contributed by atoms with Crippen LogP contribution >= 0.6 is 0 Å². The minimum atomic E-state index is -0.861. The zero-order valence-electron chi connectivity index (χ0n) is 15.2. The van der Waals surface area contributed by atoms with E-state index >= 15 is 0 Å². The number of hydrogen-bond acceptors (Lipinski definition) is 4. The van der Waals surface area contributed by atoms with Gasteiger partial charge < -0.3 is 10.6 Å². The van der Waals surface area contributed by atoms with Crippen molar-refractivity contribution in [1.29, 1.82) is 0 Å². The molecule has 7 nitrogen and oxygen atoms in total. The molecule has 7 heteroatoms. The van der Waals surface area contributed by atoms with E-state index in [2.05, 4.69) is 16.0 Å². The van der Waals surface area contributed by atoms with Crippen LogP contribution in [-0.2, 0) is 20.8 Å². The van der Waals surface area contributed by atoms with Crippen molar-refractivity contribution < 1.29 is 19.2 Å². The Hall–Kier alpha value is -3.48. The summed E-state index contributed by atoms with van der Waals surface area (Å²) < 4.78 is 0. The van der Waals surface area contributed by atoms with Crippen molar-refractivity contribution in [1.82, 2.24) is 16.0 Å². The molecule has 1 aliphatic rings. The van der Waals surface area contributed by atoms with Crippen molar-refractivity contribution in [2.45, 2.75) is 31.3 Å². The second kappa shape index (κ2) is 8.94. The van der Waals surface area contributed by atoms with Crippen molar-refractivity contribution >= 4 is 23.6 Å². The first-order valence-corrected chi connectivity index (χ1v) is 9.07. The number of rotatable bonds is 6. The lowest BCUT2D eigenvalue weighted by Crippen LogP contribution is -2.57. The second-order valence-corrected chi connectivity index (χ2v) is 6.59. The van der Waals surface area contributed by atoms with E-state index in [0.717, 1.165) is 5.56 Å². The summed E-state index contributed by atoms with van der Waals surface area (Å²) in [5.41, 5.74) is 1.31. The van der Waals surface area contributed by atoms with Crippen molar-refractivity contribution in [3.8, 4) is 0 Å². The third-order valence-corrected chi connectivity index (χ3v) is 4.50. The van der Waals surface area contributed by atoms with Gasteiger partial charge in [0.25, 0.3) is 5.91 Å². The van der Waals surface area contributed by atoms with Crippen molar-refractivity contribution in [3.05, 3.63) is 71.8 Å². The lowest BCUT2D eigenvalue weighted by atomic mass is 10.0. The average molecular weight is 379 g/mol. The molecule has 2 aromatic rings. The number of carbonyl (C=O) groups excluding carboxylic acids is 4. The van der Waals surface area contributed by atoms with E-state index in [-0.39, 0.29) is 31.1 Å². The zero-order chi connectivity index (χ0) is 19.9. The van der Waals surface area contributed by atoms with Crippen LogP contribution < -0.4 is 16.0 Å². The van der Waals surface area contributed by atoms with Gasteiger partial charge in [-0.25, -0.2) is 0 Å². The maximum absolute atomic E-state index is 12.8. The summed E-state index contributed by atoms with van der Waals surface area (Å²) in [4.78, 5) is 48.6. The van der Waals surface area contributed by atoms with Crippen LogP contribution in [0.25, 0.3) is 0 Å². The summed E-state index contributed by atoms with van der Waals surface area (Å²) in [5.74, 6) is -1.73. The molecule has 0 spiro atoms. The van der Waals surface area contributed by atoms with Crippen molar-refractivity contribution in [3.63, 3.8) is 0 Å². The highest BCUT2D eigenvalue weighted by atomic mass is 16.2. The highest BCUT2D eigenvalue weighted by Crippen LogP contribution is 2.08. The van der Waals surface area contributed by atoms with E-state index in [9.17, 15) is 19.2 Å². The lowest BCUT2D eigenvalue weighted by Gasteiger charge is -2.25. The van der Waals surface area contributed by atoms with Gasteiger partial charge >= 0.3 is 0 Å². The molecular weight excluding hydrogens is 358 g/mol. The molecule has 0 aromatic heterocycles. The molecule has 4 amide bonds. The van der Waals surface area contributed by atoms with Gasteiger partial charge in [0.1, 0.15) is 12.1 Å². The van der Waals surface area contributed by atoms with Crippen LogP contribution in [0.4, 0.5) is 0 Å². The van der Waals surface area contributed by atoms with E-state index in [0.29, 0.717) is 5.56 Å². The summed E-state index contributed by atoms with van der Waals surface area (Å²) in [6.45, 7) is 0. The fraction of sp³-hybridized carbons (Fsp3) is 0.238. The number of imide groups is 1. The molecule has 3 rings (SSSR count). The fourth-order valence-electron chi connectivity index (χ4n) is 2.99. The molecule has 2 unspecified atom stereocenters. The highest BCUT2D eigenvalue weighted by Gasteiger charge is 2.31. The molecular formula is C21H21N3O4. The Morgan fingerprint density at radius 1 is 1.00 bits per heavy atom. The second-order valence-electron chi connectivity index (χ2n) is 6.59. The Morgan fingerprint density at radius 2 is 1.64 bits per heavy atom. The van der Waals surface area contributed by atoms with E-state index < -0.39 is 23.9 Å². The molecule has 1 heterocycles. The maximum Gasteiger partial charge on any atom is 0.251 e. The van der Waals surface area contributed by atoms with Crippen LogP contribution in [0.5, 0.6) is 0 Å². The van der Waals surface area contributed by atoms with Crippen molar-refractivity contribution in [2.24, 2.45) is 0 Å². The van der Waals surface area contributed by atoms with Gasteiger partial charge in [-0.3, -0.25) is 24.5 Å². The van der Waals surface area contributed by atoms with Crippen LogP contribution in [0.3, 0.4) is 0 Å². The third-order valence-electron chi connectivity index (χ3n) is 4.50.